The Morgan fingerprint density at radius 2 is 2.20 bits per heavy atom. The zero-order valence-electron chi connectivity index (χ0n) is 8.02. The Morgan fingerprint density at radius 1 is 1.40 bits per heavy atom. The summed E-state index contributed by atoms with van der Waals surface area (Å²) in [6, 6.07) is 2.91. The van der Waals surface area contributed by atoms with Crippen LogP contribution in [0.3, 0.4) is 0 Å². The summed E-state index contributed by atoms with van der Waals surface area (Å²) in [7, 11) is 0. The van der Waals surface area contributed by atoms with Crippen LogP contribution in [0.15, 0.2) is 30.9 Å². The van der Waals surface area contributed by atoms with E-state index in [0.29, 0.717) is 11.4 Å². The number of rotatable bonds is 2. The number of nitrogen functional groups attached to an aromatic ring is 1. The summed E-state index contributed by atoms with van der Waals surface area (Å²) in [6.07, 6.45) is 4.77. The molecule has 2 rings (SSSR count). The van der Waals surface area contributed by atoms with Crippen molar-refractivity contribution >= 4 is 5.69 Å². The predicted molar refractivity (Wildman–Crippen MR) is 55.8 cm³/mol. The van der Waals surface area contributed by atoms with Crippen LogP contribution in [0.4, 0.5) is 10.1 Å². The van der Waals surface area contributed by atoms with E-state index in [-0.39, 0.29) is 12.4 Å². The maximum atomic E-state index is 13.6. The topological polar surface area (TPSA) is 69.9 Å². The van der Waals surface area contributed by atoms with Gasteiger partial charge in [0, 0.05) is 24.6 Å². The molecule has 2 aromatic rings. The molecule has 1 heterocycles. The van der Waals surface area contributed by atoms with Crippen molar-refractivity contribution in [2.24, 2.45) is 5.73 Å². The summed E-state index contributed by atoms with van der Waals surface area (Å²) in [4.78, 5) is 3.85. The van der Waals surface area contributed by atoms with Gasteiger partial charge >= 0.3 is 0 Å². The molecule has 0 saturated carbocycles. The smallest absolute Gasteiger partial charge is 0.149 e. The molecule has 0 aliphatic rings. The quantitative estimate of drug-likeness (QED) is 0.721. The highest BCUT2D eigenvalue weighted by Crippen LogP contribution is 2.20. The lowest BCUT2D eigenvalue weighted by Gasteiger charge is -2.08. The number of benzene rings is 1. The van der Waals surface area contributed by atoms with Gasteiger partial charge in [-0.1, -0.05) is 0 Å². The number of nitrogens with two attached hydrogens (primary N) is 2. The van der Waals surface area contributed by atoms with Crippen LogP contribution in [0.25, 0.3) is 5.69 Å². The first kappa shape index (κ1) is 9.67. The zero-order valence-corrected chi connectivity index (χ0v) is 8.02. The molecule has 0 atom stereocenters. The summed E-state index contributed by atoms with van der Waals surface area (Å²) in [5.74, 6) is -0.386. The third-order valence-corrected chi connectivity index (χ3v) is 2.21. The molecule has 15 heavy (non-hydrogen) atoms. The van der Waals surface area contributed by atoms with Crippen LogP contribution in [0.5, 0.6) is 0 Å². The Morgan fingerprint density at radius 3 is 2.80 bits per heavy atom. The molecule has 78 valence electrons. The van der Waals surface area contributed by atoms with Crippen molar-refractivity contribution < 1.29 is 4.39 Å². The van der Waals surface area contributed by atoms with Crippen molar-refractivity contribution in [3.63, 3.8) is 0 Å². The summed E-state index contributed by atoms with van der Waals surface area (Å²) in [6.45, 7) is 0.286. The first-order chi connectivity index (χ1) is 7.22. The monoisotopic (exact) mass is 206 g/mol. The summed E-state index contributed by atoms with van der Waals surface area (Å²) in [5, 5.41) is 0. The van der Waals surface area contributed by atoms with E-state index >= 15 is 0 Å². The van der Waals surface area contributed by atoms with Gasteiger partial charge in [0.1, 0.15) is 5.82 Å². The van der Waals surface area contributed by atoms with Gasteiger partial charge in [-0.05, 0) is 17.7 Å². The van der Waals surface area contributed by atoms with Crippen molar-refractivity contribution in [1.29, 1.82) is 0 Å². The standard InChI is InChI=1S/C10H11FN4/c11-8-4-9(13)7(5-12)3-10(8)15-2-1-14-6-15/h1-4,6H,5,12-13H2. The van der Waals surface area contributed by atoms with Crippen LogP contribution in [-0.2, 0) is 6.54 Å². The lowest BCUT2D eigenvalue weighted by molar-refractivity contribution is 0.618. The number of aromatic nitrogens is 2. The van der Waals surface area contributed by atoms with Gasteiger partial charge in [0.05, 0.1) is 12.0 Å². The maximum absolute atomic E-state index is 13.6. The van der Waals surface area contributed by atoms with Crippen molar-refractivity contribution in [1.82, 2.24) is 9.55 Å². The fourth-order valence-electron chi connectivity index (χ4n) is 1.40. The molecule has 0 aliphatic carbocycles. The lowest BCUT2D eigenvalue weighted by Crippen LogP contribution is -2.05. The number of anilines is 1. The molecular formula is C10H11FN4. The molecule has 0 unspecified atom stereocenters. The third-order valence-electron chi connectivity index (χ3n) is 2.21. The Labute approximate surface area is 86.3 Å². The van der Waals surface area contributed by atoms with Gasteiger partial charge in [-0.25, -0.2) is 9.37 Å². The van der Waals surface area contributed by atoms with Crippen LogP contribution < -0.4 is 11.5 Å². The molecule has 0 radical (unpaired) electrons. The van der Waals surface area contributed by atoms with E-state index < -0.39 is 0 Å². The van der Waals surface area contributed by atoms with Crippen molar-refractivity contribution in [2.45, 2.75) is 6.54 Å². The van der Waals surface area contributed by atoms with E-state index in [1.54, 1.807) is 23.0 Å². The summed E-state index contributed by atoms with van der Waals surface area (Å²) in [5.41, 5.74) is 12.6. The molecule has 4 nitrogen and oxygen atoms in total. The van der Waals surface area contributed by atoms with Crippen molar-refractivity contribution in [3.05, 3.63) is 42.2 Å². The molecule has 0 saturated heterocycles. The second-order valence-electron chi connectivity index (χ2n) is 3.18. The molecular weight excluding hydrogens is 195 g/mol. The second-order valence-corrected chi connectivity index (χ2v) is 3.18. The number of hydrogen-bond acceptors (Lipinski definition) is 3. The first-order valence-electron chi connectivity index (χ1n) is 4.48. The Hall–Kier alpha value is -1.88. The molecule has 0 spiro atoms. The van der Waals surface area contributed by atoms with Crippen molar-refractivity contribution in [3.8, 4) is 5.69 Å². The summed E-state index contributed by atoms with van der Waals surface area (Å²) >= 11 is 0. The SMILES string of the molecule is NCc1cc(-n2ccnc2)c(F)cc1N. The van der Waals surface area contributed by atoms with Gasteiger partial charge in [-0.3, -0.25) is 0 Å². The first-order valence-corrected chi connectivity index (χ1v) is 4.48. The van der Waals surface area contributed by atoms with Crippen LogP contribution in [0, 0.1) is 5.82 Å². The highest BCUT2D eigenvalue weighted by molar-refractivity contribution is 5.53. The fraction of sp³-hybridized carbons (Fsp3) is 0.100. The minimum Gasteiger partial charge on any atom is -0.398 e. The van der Waals surface area contributed by atoms with Crippen LogP contribution in [-0.4, -0.2) is 9.55 Å². The van der Waals surface area contributed by atoms with Gasteiger partial charge < -0.3 is 16.0 Å². The number of imidazole rings is 1. The molecule has 1 aromatic carbocycles. The Bertz CT molecular complexity index is 465. The highest BCUT2D eigenvalue weighted by Gasteiger charge is 2.08. The number of nitrogens with zero attached hydrogens (tertiary/aromatic N) is 2. The summed E-state index contributed by atoms with van der Waals surface area (Å²) < 4.78 is 15.1. The van der Waals surface area contributed by atoms with Crippen molar-refractivity contribution in [2.75, 3.05) is 5.73 Å². The molecule has 0 fully saturated rings. The normalized spacial score (nSPS) is 10.5. The Kier molecular flexibility index (Phi) is 2.39. The minimum absolute atomic E-state index is 0.286. The highest BCUT2D eigenvalue weighted by atomic mass is 19.1. The molecule has 0 amide bonds. The van der Waals surface area contributed by atoms with E-state index in [4.69, 9.17) is 11.5 Å². The van der Waals surface area contributed by atoms with Gasteiger partial charge in [0.2, 0.25) is 0 Å². The zero-order chi connectivity index (χ0) is 10.8. The molecule has 5 heteroatoms. The van der Waals surface area contributed by atoms with Gasteiger partial charge in [-0.2, -0.15) is 0 Å². The van der Waals surface area contributed by atoms with E-state index in [2.05, 4.69) is 4.98 Å². The largest absolute Gasteiger partial charge is 0.398 e. The van der Waals surface area contributed by atoms with E-state index in [1.165, 1.54) is 12.4 Å². The predicted octanol–water partition coefficient (Wildman–Crippen LogP) is 1.05. The molecule has 0 bridgehead atoms. The molecule has 1 aromatic heterocycles. The van der Waals surface area contributed by atoms with E-state index in [0.717, 1.165) is 5.56 Å². The number of halogens is 1. The molecule has 4 N–H and O–H groups in total. The average Bonchev–Trinajstić information content (AvgIpc) is 2.71. The third kappa shape index (κ3) is 1.69. The molecule has 0 aliphatic heterocycles. The van der Waals surface area contributed by atoms with Gasteiger partial charge in [0.25, 0.3) is 0 Å². The fourth-order valence-corrected chi connectivity index (χ4v) is 1.40. The van der Waals surface area contributed by atoms with E-state index in [9.17, 15) is 4.39 Å². The van der Waals surface area contributed by atoms with Gasteiger partial charge in [-0.15, -0.1) is 0 Å². The number of hydrogen-bond donors (Lipinski definition) is 2. The van der Waals surface area contributed by atoms with Crippen LogP contribution in [0.2, 0.25) is 0 Å². The van der Waals surface area contributed by atoms with Gasteiger partial charge in [0.15, 0.2) is 0 Å². The Balaban J connectivity index is 2.57. The van der Waals surface area contributed by atoms with E-state index in [1.807, 2.05) is 0 Å². The second kappa shape index (κ2) is 3.70. The lowest BCUT2D eigenvalue weighted by atomic mass is 10.1. The minimum atomic E-state index is -0.386. The average molecular weight is 206 g/mol. The maximum Gasteiger partial charge on any atom is 0.149 e. The van der Waals surface area contributed by atoms with Crippen LogP contribution >= 0.6 is 0 Å². The van der Waals surface area contributed by atoms with Crippen LogP contribution in [0.1, 0.15) is 5.56 Å².